The molecule has 0 bridgehead atoms. The average Bonchev–Trinajstić information content (AvgIpc) is 3.05. The van der Waals surface area contributed by atoms with Gasteiger partial charge in [-0.25, -0.2) is 0 Å². The smallest absolute Gasteiger partial charge is 0.223 e. The van der Waals surface area contributed by atoms with E-state index in [1.807, 2.05) is 12.1 Å². The molecule has 4 rings (SSSR count). The van der Waals surface area contributed by atoms with Gasteiger partial charge in [0.15, 0.2) is 0 Å². The maximum atomic E-state index is 12.3. The lowest BCUT2D eigenvalue weighted by molar-refractivity contribution is -0.123. The fraction of sp³-hybridized carbons (Fsp3) is 0.696. The highest BCUT2D eigenvalue weighted by molar-refractivity contribution is 5.81. The normalized spacial score (nSPS) is 28.8. The van der Waals surface area contributed by atoms with Crippen LogP contribution in [-0.4, -0.2) is 61.6 Å². The first-order valence-corrected chi connectivity index (χ1v) is 11.1. The van der Waals surface area contributed by atoms with Crippen LogP contribution in [0.25, 0.3) is 0 Å². The molecule has 1 aromatic carbocycles. The summed E-state index contributed by atoms with van der Waals surface area (Å²) in [5.41, 5.74) is 1.35. The number of hydrogen-bond acceptors (Lipinski definition) is 4. The van der Waals surface area contributed by atoms with Crippen LogP contribution in [0.15, 0.2) is 24.3 Å². The van der Waals surface area contributed by atoms with Gasteiger partial charge in [0.2, 0.25) is 5.91 Å². The van der Waals surface area contributed by atoms with Gasteiger partial charge in [-0.1, -0.05) is 25.0 Å². The molecule has 5 heteroatoms. The predicted molar refractivity (Wildman–Crippen MR) is 111 cm³/mol. The van der Waals surface area contributed by atoms with Crippen molar-refractivity contribution in [1.29, 1.82) is 0 Å². The van der Waals surface area contributed by atoms with E-state index in [-0.39, 0.29) is 5.92 Å². The number of piperazine rings is 1. The SMILES string of the molecule is COc1ccc(CN2CCN(CCCC3C(=O)N[C@@H]4CCCC[C@@H]34)CC2)cc1. The molecule has 3 atom stereocenters. The van der Waals surface area contributed by atoms with Crippen LogP contribution in [0.2, 0.25) is 0 Å². The molecule has 1 N–H and O–H groups in total. The minimum atomic E-state index is 0.279. The molecule has 28 heavy (non-hydrogen) atoms. The lowest BCUT2D eigenvalue weighted by Crippen LogP contribution is -2.46. The summed E-state index contributed by atoms with van der Waals surface area (Å²) < 4.78 is 5.24. The molecule has 5 nitrogen and oxygen atoms in total. The Bertz CT molecular complexity index is 640. The number of fused-ring (bicyclic) bond motifs is 1. The Morgan fingerprint density at radius 3 is 2.50 bits per heavy atom. The van der Waals surface area contributed by atoms with Crippen molar-refractivity contribution in [3.63, 3.8) is 0 Å². The van der Waals surface area contributed by atoms with Crippen molar-refractivity contribution in [1.82, 2.24) is 15.1 Å². The highest BCUT2D eigenvalue weighted by Crippen LogP contribution is 2.37. The van der Waals surface area contributed by atoms with Crippen molar-refractivity contribution in [2.75, 3.05) is 39.8 Å². The van der Waals surface area contributed by atoms with Crippen molar-refractivity contribution in [2.24, 2.45) is 11.8 Å². The summed E-state index contributed by atoms with van der Waals surface area (Å²) in [7, 11) is 1.71. The number of amides is 1. The number of ether oxygens (including phenoxy) is 1. The molecule has 0 spiro atoms. The minimum Gasteiger partial charge on any atom is -0.497 e. The maximum absolute atomic E-state index is 12.3. The second kappa shape index (κ2) is 9.27. The van der Waals surface area contributed by atoms with Crippen molar-refractivity contribution < 1.29 is 9.53 Å². The molecule has 1 saturated carbocycles. The third kappa shape index (κ3) is 4.69. The van der Waals surface area contributed by atoms with E-state index < -0.39 is 0 Å². The van der Waals surface area contributed by atoms with Crippen LogP contribution in [0.4, 0.5) is 0 Å². The number of carbonyl (C=O) groups excluding carboxylic acids is 1. The van der Waals surface area contributed by atoms with Crippen LogP contribution in [0.3, 0.4) is 0 Å². The molecular weight excluding hydrogens is 350 g/mol. The Hall–Kier alpha value is -1.59. The Balaban J connectivity index is 1.16. The lowest BCUT2D eigenvalue weighted by atomic mass is 9.78. The zero-order valence-corrected chi connectivity index (χ0v) is 17.2. The number of nitrogens with one attached hydrogen (secondary N) is 1. The van der Waals surface area contributed by atoms with Crippen LogP contribution in [-0.2, 0) is 11.3 Å². The number of carbonyl (C=O) groups is 1. The van der Waals surface area contributed by atoms with Gasteiger partial charge in [-0.3, -0.25) is 9.69 Å². The van der Waals surface area contributed by atoms with Gasteiger partial charge in [0.1, 0.15) is 5.75 Å². The van der Waals surface area contributed by atoms with Crippen LogP contribution < -0.4 is 10.1 Å². The molecule has 2 heterocycles. The highest BCUT2D eigenvalue weighted by atomic mass is 16.5. The number of methoxy groups -OCH3 is 1. The van der Waals surface area contributed by atoms with Crippen LogP contribution >= 0.6 is 0 Å². The summed E-state index contributed by atoms with van der Waals surface area (Å²) in [5, 5.41) is 3.26. The number of rotatable bonds is 7. The van der Waals surface area contributed by atoms with E-state index in [1.165, 1.54) is 31.2 Å². The predicted octanol–water partition coefficient (Wildman–Crippen LogP) is 2.90. The fourth-order valence-electron chi connectivity index (χ4n) is 5.34. The van der Waals surface area contributed by atoms with Gasteiger partial charge in [0, 0.05) is 44.7 Å². The minimum absolute atomic E-state index is 0.279. The molecule has 3 fully saturated rings. The molecule has 2 saturated heterocycles. The summed E-state index contributed by atoms with van der Waals surface area (Å²) in [5.74, 6) is 2.15. The monoisotopic (exact) mass is 385 g/mol. The summed E-state index contributed by atoms with van der Waals surface area (Å²) in [6, 6.07) is 8.89. The molecule has 1 amide bonds. The van der Waals surface area contributed by atoms with E-state index in [0.717, 1.165) is 57.9 Å². The van der Waals surface area contributed by atoms with Gasteiger partial charge in [-0.05, 0) is 55.8 Å². The largest absolute Gasteiger partial charge is 0.497 e. The summed E-state index contributed by atoms with van der Waals surface area (Å²) in [6.07, 6.45) is 7.26. The Kier molecular flexibility index (Phi) is 6.53. The van der Waals surface area contributed by atoms with Crippen LogP contribution in [0, 0.1) is 11.8 Å². The first-order chi connectivity index (χ1) is 13.7. The van der Waals surface area contributed by atoms with Gasteiger partial charge in [0.05, 0.1) is 7.11 Å². The van der Waals surface area contributed by atoms with Crippen molar-refractivity contribution in [3.8, 4) is 5.75 Å². The molecule has 2 aliphatic heterocycles. The highest BCUT2D eigenvalue weighted by Gasteiger charge is 2.42. The molecule has 3 aliphatic rings. The van der Waals surface area contributed by atoms with Gasteiger partial charge in [-0.15, -0.1) is 0 Å². The van der Waals surface area contributed by atoms with Crippen LogP contribution in [0.1, 0.15) is 44.1 Å². The third-order valence-electron chi connectivity index (χ3n) is 7.02. The summed E-state index contributed by atoms with van der Waals surface area (Å²) in [4.78, 5) is 17.5. The quantitative estimate of drug-likeness (QED) is 0.784. The topological polar surface area (TPSA) is 44.8 Å². The number of nitrogens with zero attached hydrogens (tertiary/aromatic N) is 2. The van der Waals surface area contributed by atoms with E-state index in [0.29, 0.717) is 17.9 Å². The van der Waals surface area contributed by atoms with E-state index >= 15 is 0 Å². The second-order valence-electron chi connectivity index (χ2n) is 8.78. The average molecular weight is 386 g/mol. The summed E-state index contributed by atoms with van der Waals surface area (Å²) >= 11 is 0. The van der Waals surface area contributed by atoms with Crippen molar-refractivity contribution in [2.45, 2.75) is 51.1 Å². The number of hydrogen-bond donors (Lipinski definition) is 1. The van der Waals surface area contributed by atoms with Gasteiger partial charge in [-0.2, -0.15) is 0 Å². The first-order valence-electron chi connectivity index (χ1n) is 11.1. The molecule has 154 valence electrons. The first kappa shape index (κ1) is 19.7. The Morgan fingerprint density at radius 1 is 1.04 bits per heavy atom. The maximum Gasteiger partial charge on any atom is 0.223 e. The third-order valence-corrected chi connectivity index (χ3v) is 7.02. The van der Waals surface area contributed by atoms with Gasteiger partial charge >= 0.3 is 0 Å². The second-order valence-corrected chi connectivity index (χ2v) is 8.78. The van der Waals surface area contributed by atoms with E-state index in [1.54, 1.807) is 7.11 Å². The molecular formula is C23H35N3O2. The summed E-state index contributed by atoms with van der Waals surface area (Å²) in [6.45, 7) is 6.68. The van der Waals surface area contributed by atoms with Gasteiger partial charge in [0.25, 0.3) is 0 Å². The zero-order chi connectivity index (χ0) is 19.3. The molecule has 1 aromatic rings. The zero-order valence-electron chi connectivity index (χ0n) is 17.2. The van der Waals surface area contributed by atoms with Crippen molar-refractivity contribution in [3.05, 3.63) is 29.8 Å². The fourth-order valence-corrected chi connectivity index (χ4v) is 5.34. The Labute approximate surface area is 169 Å². The number of benzene rings is 1. The van der Waals surface area contributed by atoms with Gasteiger partial charge < -0.3 is 15.0 Å². The molecule has 0 radical (unpaired) electrons. The standard InChI is InChI=1S/C23H35N3O2/c1-28-19-10-8-18(9-11-19)17-26-15-13-25(14-16-26)12-4-6-21-20-5-2-3-7-22(20)24-23(21)27/h8-11,20-22H,2-7,12-17H2,1H3,(H,24,27)/t20-,21?,22+/m0/s1. The van der Waals surface area contributed by atoms with E-state index in [9.17, 15) is 4.79 Å². The molecule has 1 aliphatic carbocycles. The molecule has 0 aromatic heterocycles. The Morgan fingerprint density at radius 2 is 1.75 bits per heavy atom. The van der Waals surface area contributed by atoms with E-state index in [4.69, 9.17) is 4.74 Å². The molecule has 1 unspecified atom stereocenters. The van der Waals surface area contributed by atoms with E-state index in [2.05, 4.69) is 27.2 Å². The van der Waals surface area contributed by atoms with Crippen LogP contribution in [0.5, 0.6) is 5.75 Å². The van der Waals surface area contributed by atoms with Crippen molar-refractivity contribution >= 4 is 5.91 Å². The lowest BCUT2D eigenvalue weighted by Gasteiger charge is -2.35.